The van der Waals surface area contributed by atoms with Crippen molar-refractivity contribution in [3.8, 4) is 0 Å². The molecule has 2 aromatic rings. The molecule has 1 aromatic carbocycles. The third-order valence-electron chi connectivity index (χ3n) is 2.22. The summed E-state index contributed by atoms with van der Waals surface area (Å²) in [5.41, 5.74) is -0.0425. The van der Waals surface area contributed by atoms with Crippen LogP contribution in [-0.4, -0.2) is 6.54 Å². The molecule has 0 aliphatic heterocycles. The van der Waals surface area contributed by atoms with E-state index in [2.05, 4.69) is 5.32 Å². The molecule has 0 bridgehead atoms. The molecule has 0 saturated carbocycles. The van der Waals surface area contributed by atoms with Crippen molar-refractivity contribution in [2.75, 3.05) is 11.9 Å². The molecule has 0 amide bonds. The molecule has 0 fully saturated rings. The highest BCUT2D eigenvalue weighted by molar-refractivity contribution is 7.09. The minimum atomic E-state index is -0.550. The maximum absolute atomic E-state index is 13.2. The molecule has 0 aliphatic carbocycles. The van der Waals surface area contributed by atoms with Gasteiger partial charge in [-0.15, -0.1) is 11.3 Å². The number of hydrogen-bond acceptors (Lipinski definition) is 2. The lowest BCUT2D eigenvalue weighted by molar-refractivity contribution is 0.588. The molecule has 2 rings (SSSR count). The van der Waals surface area contributed by atoms with Crippen LogP contribution in [0.15, 0.2) is 35.7 Å². The largest absolute Gasteiger partial charge is 0.380 e. The molecule has 4 heteroatoms. The van der Waals surface area contributed by atoms with Crippen molar-refractivity contribution in [3.05, 3.63) is 52.2 Å². The van der Waals surface area contributed by atoms with E-state index in [1.54, 1.807) is 11.3 Å². The number of benzene rings is 1. The molecule has 0 saturated heterocycles. The van der Waals surface area contributed by atoms with Gasteiger partial charge >= 0.3 is 0 Å². The van der Waals surface area contributed by atoms with Crippen molar-refractivity contribution in [3.63, 3.8) is 0 Å². The highest BCUT2D eigenvalue weighted by atomic mass is 32.1. The highest BCUT2D eigenvalue weighted by Gasteiger charge is 2.06. The second-order valence-corrected chi connectivity index (χ2v) is 4.39. The van der Waals surface area contributed by atoms with Gasteiger partial charge in [-0.3, -0.25) is 0 Å². The van der Waals surface area contributed by atoms with Gasteiger partial charge in [-0.1, -0.05) is 12.1 Å². The van der Waals surface area contributed by atoms with Crippen LogP contribution in [0.2, 0.25) is 0 Å². The SMILES string of the molecule is Fc1cccc(F)c1NCCc1cccs1. The van der Waals surface area contributed by atoms with Gasteiger partial charge in [0.15, 0.2) is 0 Å². The summed E-state index contributed by atoms with van der Waals surface area (Å²) in [5.74, 6) is -1.10. The lowest BCUT2D eigenvalue weighted by atomic mass is 10.2. The first-order chi connectivity index (χ1) is 7.77. The van der Waals surface area contributed by atoms with Crippen molar-refractivity contribution in [1.29, 1.82) is 0 Å². The van der Waals surface area contributed by atoms with Crippen molar-refractivity contribution in [1.82, 2.24) is 0 Å². The van der Waals surface area contributed by atoms with E-state index in [9.17, 15) is 8.78 Å². The van der Waals surface area contributed by atoms with Crippen LogP contribution in [0.4, 0.5) is 14.5 Å². The number of nitrogens with one attached hydrogen (secondary N) is 1. The molecular weight excluding hydrogens is 228 g/mol. The van der Waals surface area contributed by atoms with Gasteiger partial charge in [0, 0.05) is 11.4 Å². The van der Waals surface area contributed by atoms with E-state index in [-0.39, 0.29) is 5.69 Å². The van der Waals surface area contributed by atoms with Crippen molar-refractivity contribution in [2.45, 2.75) is 6.42 Å². The summed E-state index contributed by atoms with van der Waals surface area (Å²) < 4.78 is 26.4. The van der Waals surface area contributed by atoms with Gasteiger partial charge in [0.2, 0.25) is 0 Å². The number of hydrogen-bond donors (Lipinski definition) is 1. The van der Waals surface area contributed by atoms with Crippen LogP contribution < -0.4 is 5.32 Å². The fourth-order valence-electron chi connectivity index (χ4n) is 1.43. The lowest BCUT2D eigenvalue weighted by Gasteiger charge is -2.07. The number of halogens is 2. The molecule has 0 unspecified atom stereocenters. The molecule has 1 N–H and O–H groups in total. The van der Waals surface area contributed by atoms with Crippen LogP contribution in [0.5, 0.6) is 0 Å². The summed E-state index contributed by atoms with van der Waals surface area (Å²) in [5, 5.41) is 4.76. The maximum atomic E-state index is 13.2. The number of anilines is 1. The van der Waals surface area contributed by atoms with Gasteiger partial charge in [-0.25, -0.2) is 8.78 Å². The average Bonchev–Trinajstić information content (AvgIpc) is 2.75. The van der Waals surface area contributed by atoms with E-state index in [0.29, 0.717) is 6.54 Å². The van der Waals surface area contributed by atoms with Crippen molar-refractivity contribution in [2.24, 2.45) is 0 Å². The third-order valence-corrected chi connectivity index (χ3v) is 3.15. The first-order valence-electron chi connectivity index (χ1n) is 4.97. The molecule has 1 aromatic heterocycles. The van der Waals surface area contributed by atoms with Crippen LogP contribution in [0, 0.1) is 11.6 Å². The van der Waals surface area contributed by atoms with E-state index in [1.807, 2.05) is 17.5 Å². The Morgan fingerprint density at radius 2 is 1.81 bits per heavy atom. The predicted octanol–water partition coefficient (Wildman–Crippen LogP) is 3.68. The first-order valence-corrected chi connectivity index (χ1v) is 5.85. The van der Waals surface area contributed by atoms with Crippen LogP contribution >= 0.6 is 11.3 Å². The van der Waals surface area contributed by atoms with E-state index in [0.717, 1.165) is 6.42 Å². The Hall–Kier alpha value is -1.42. The molecular formula is C12H11F2NS. The van der Waals surface area contributed by atoms with Gasteiger partial charge in [-0.2, -0.15) is 0 Å². The molecule has 0 atom stereocenters. The van der Waals surface area contributed by atoms with Crippen LogP contribution in [-0.2, 0) is 6.42 Å². The Bertz CT molecular complexity index is 434. The fourth-order valence-corrected chi connectivity index (χ4v) is 2.14. The minimum absolute atomic E-state index is 0.0425. The van der Waals surface area contributed by atoms with Crippen LogP contribution in [0.25, 0.3) is 0 Å². The Labute approximate surface area is 96.7 Å². The van der Waals surface area contributed by atoms with E-state index >= 15 is 0 Å². The molecule has 0 spiro atoms. The van der Waals surface area contributed by atoms with E-state index in [4.69, 9.17) is 0 Å². The summed E-state index contributed by atoms with van der Waals surface area (Å²) in [6, 6.07) is 7.82. The summed E-state index contributed by atoms with van der Waals surface area (Å²) in [4.78, 5) is 1.20. The smallest absolute Gasteiger partial charge is 0.149 e. The second-order valence-electron chi connectivity index (χ2n) is 3.35. The van der Waals surface area contributed by atoms with Gasteiger partial charge < -0.3 is 5.32 Å². The van der Waals surface area contributed by atoms with E-state index < -0.39 is 11.6 Å². The maximum Gasteiger partial charge on any atom is 0.149 e. The minimum Gasteiger partial charge on any atom is -0.380 e. The molecule has 1 nitrogen and oxygen atoms in total. The summed E-state index contributed by atoms with van der Waals surface area (Å²) >= 11 is 1.64. The van der Waals surface area contributed by atoms with E-state index in [1.165, 1.54) is 23.1 Å². The zero-order valence-electron chi connectivity index (χ0n) is 8.54. The molecule has 0 aliphatic rings. The van der Waals surface area contributed by atoms with Crippen molar-refractivity contribution < 1.29 is 8.78 Å². The fraction of sp³-hybridized carbons (Fsp3) is 0.167. The quantitative estimate of drug-likeness (QED) is 0.858. The summed E-state index contributed by atoms with van der Waals surface area (Å²) in [6.45, 7) is 0.526. The van der Waals surface area contributed by atoms with Gasteiger partial charge in [-0.05, 0) is 30.0 Å². The van der Waals surface area contributed by atoms with Crippen molar-refractivity contribution >= 4 is 17.0 Å². The standard InChI is InChI=1S/C12H11F2NS/c13-10-4-1-5-11(14)12(10)15-7-6-9-3-2-8-16-9/h1-5,8,15H,6-7H2. The summed E-state index contributed by atoms with van der Waals surface area (Å²) in [6.07, 6.45) is 0.769. The van der Waals surface area contributed by atoms with Gasteiger partial charge in [0.1, 0.15) is 17.3 Å². The zero-order valence-corrected chi connectivity index (χ0v) is 9.36. The number of thiophene rings is 1. The summed E-state index contributed by atoms with van der Waals surface area (Å²) in [7, 11) is 0. The Morgan fingerprint density at radius 3 is 2.44 bits per heavy atom. The number of rotatable bonds is 4. The monoisotopic (exact) mass is 239 g/mol. The Balaban J connectivity index is 1.95. The second kappa shape index (κ2) is 5.07. The predicted molar refractivity (Wildman–Crippen MR) is 62.9 cm³/mol. The Kier molecular flexibility index (Phi) is 3.51. The van der Waals surface area contributed by atoms with Crippen LogP contribution in [0.1, 0.15) is 4.88 Å². The van der Waals surface area contributed by atoms with Gasteiger partial charge in [0.05, 0.1) is 0 Å². The Morgan fingerprint density at radius 1 is 1.06 bits per heavy atom. The molecule has 84 valence electrons. The lowest BCUT2D eigenvalue weighted by Crippen LogP contribution is -2.07. The number of para-hydroxylation sites is 1. The highest BCUT2D eigenvalue weighted by Crippen LogP contribution is 2.18. The average molecular weight is 239 g/mol. The van der Waals surface area contributed by atoms with Gasteiger partial charge in [0.25, 0.3) is 0 Å². The normalized spacial score (nSPS) is 10.4. The topological polar surface area (TPSA) is 12.0 Å². The molecule has 16 heavy (non-hydrogen) atoms. The van der Waals surface area contributed by atoms with Crippen LogP contribution in [0.3, 0.4) is 0 Å². The third kappa shape index (κ3) is 2.58. The first kappa shape index (κ1) is 11.1. The molecule has 1 heterocycles. The zero-order chi connectivity index (χ0) is 11.4. The molecule has 0 radical (unpaired) electrons.